The van der Waals surface area contributed by atoms with Crippen LogP contribution in [0, 0.1) is 0 Å². The topological polar surface area (TPSA) is 8.17 Å². The quantitative estimate of drug-likeness (QED) is 0.140. The Morgan fingerprint density at radius 1 is 0.293 bits per heavy atom. The van der Waals surface area contributed by atoms with E-state index in [2.05, 4.69) is 302 Å². The SMILES string of the molecule is CC1(C)c2ccccc2-c2cc(-c3cccc(N(c4ccc(-c5cccc6cccc(-c7ccccc7)c56)cc4)c4cccc(-c5ccc(-c6ccccc6-n6c7ccccc7c7ccccc76)cc5)c4)c3)ccc21. The summed E-state index contributed by atoms with van der Waals surface area (Å²) in [5.74, 6) is 0. The molecule has 14 rings (SSSR count). The van der Waals surface area contributed by atoms with E-state index in [0.29, 0.717) is 0 Å². The molecule has 1 aliphatic carbocycles. The van der Waals surface area contributed by atoms with Gasteiger partial charge in [-0.2, -0.15) is 0 Å². The predicted octanol–water partition coefficient (Wildman–Crippen LogP) is 20.0. The number of rotatable bonds is 9. The molecule has 0 saturated carbocycles. The number of anilines is 3. The fraction of sp³-hybridized carbons (Fsp3) is 0.0411. The van der Waals surface area contributed by atoms with Crippen molar-refractivity contribution in [1.29, 1.82) is 0 Å². The lowest BCUT2D eigenvalue weighted by Crippen LogP contribution is -2.14. The van der Waals surface area contributed by atoms with Crippen LogP contribution in [-0.2, 0) is 5.41 Å². The minimum Gasteiger partial charge on any atom is -0.310 e. The molecule has 75 heavy (non-hydrogen) atoms. The van der Waals surface area contributed by atoms with Crippen molar-refractivity contribution in [3.63, 3.8) is 0 Å². The highest BCUT2D eigenvalue weighted by Crippen LogP contribution is 2.50. The van der Waals surface area contributed by atoms with E-state index < -0.39 is 0 Å². The molecule has 0 spiro atoms. The standard InChI is InChI=1S/C73H52N2/c1-73(2)67-32-10-6-27-63(67)66-48-56(42-45-68(66)73)55-23-15-25-59(47-55)74(57-43-40-52(41-44-57)62-31-17-21-53-20-16-30-61(72(53)62)50-18-4-3-5-19-50)58-24-14-22-54(46-58)49-36-38-51(39-37-49)60-26-7-11-33-69(60)75-70-34-12-8-28-64(70)65-29-9-13-35-71(65)75/h3-48H,1-2H3. The summed E-state index contributed by atoms with van der Waals surface area (Å²) >= 11 is 0. The molecule has 0 fully saturated rings. The van der Waals surface area contributed by atoms with E-state index >= 15 is 0 Å². The number of hydrogen-bond donors (Lipinski definition) is 0. The van der Waals surface area contributed by atoms with Crippen molar-refractivity contribution in [3.8, 4) is 72.4 Å². The zero-order valence-electron chi connectivity index (χ0n) is 42.0. The highest BCUT2D eigenvalue weighted by Gasteiger charge is 2.35. The first-order valence-electron chi connectivity index (χ1n) is 26.1. The van der Waals surface area contributed by atoms with Crippen LogP contribution in [0.15, 0.2) is 279 Å². The number of aromatic nitrogens is 1. The van der Waals surface area contributed by atoms with E-state index in [4.69, 9.17) is 0 Å². The molecule has 0 saturated heterocycles. The fourth-order valence-electron chi connectivity index (χ4n) is 12.2. The van der Waals surface area contributed by atoms with Gasteiger partial charge in [0.15, 0.2) is 0 Å². The molecular formula is C73H52N2. The molecule has 0 unspecified atom stereocenters. The number of hydrogen-bond acceptors (Lipinski definition) is 1. The summed E-state index contributed by atoms with van der Waals surface area (Å²) in [5.41, 5.74) is 24.1. The minimum atomic E-state index is -0.0479. The van der Waals surface area contributed by atoms with Gasteiger partial charge in [0.2, 0.25) is 0 Å². The number of benzene rings is 12. The number of fused-ring (bicyclic) bond motifs is 7. The first-order valence-corrected chi connectivity index (χ1v) is 26.1. The average molecular weight is 957 g/mol. The van der Waals surface area contributed by atoms with Gasteiger partial charge in [-0.3, -0.25) is 0 Å². The molecule has 354 valence electrons. The Bertz CT molecular complexity index is 4250. The van der Waals surface area contributed by atoms with Crippen molar-refractivity contribution in [3.05, 3.63) is 290 Å². The Morgan fingerprint density at radius 2 is 0.747 bits per heavy atom. The minimum absolute atomic E-state index is 0.0479. The van der Waals surface area contributed by atoms with Gasteiger partial charge in [-0.15, -0.1) is 0 Å². The summed E-state index contributed by atoms with van der Waals surface area (Å²) in [6.45, 7) is 4.69. The Kier molecular flexibility index (Phi) is 10.6. The molecule has 13 aromatic rings. The van der Waals surface area contributed by atoms with Gasteiger partial charge in [-0.25, -0.2) is 0 Å². The molecular weight excluding hydrogens is 905 g/mol. The highest BCUT2D eigenvalue weighted by atomic mass is 15.1. The van der Waals surface area contributed by atoms with E-state index in [-0.39, 0.29) is 5.41 Å². The maximum absolute atomic E-state index is 2.42. The van der Waals surface area contributed by atoms with Crippen LogP contribution in [0.4, 0.5) is 17.1 Å². The lowest BCUT2D eigenvalue weighted by molar-refractivity contribution is 0.660. The highest BCUT2D eigenvalue weighted by molar-refractivity contribution is 6.10. The molecule has 12 aromatic carbocycles. The number of nitrogens with zero attached hydrogens (tertiary/aromatic N) is 2. The third-order valence-electron chi connectivity index (χ3n) is 15.8. The van der Waals surface area contributed by atoms with Crippen molar-refractivity contribution in [2.45, 2.75) is 19.3 Å². The maximum atomic E-state index is 2.42. The maximum Gasteiger partial charge on any atom is 0.0541 e. The third kappa shape index (κ3) is 7.48. The summed E-state index contributed by atoms with van der Waals surface area (Å²) in [4.78, 5) is 2.41. The molecule has 0 atom stereocenters. The summed E-state index contributed by atoms with van der Waals surface area (Å²) in [6, 6.07) is 103. The van der Waals surface area contributed by atoms with Gasteiger partial charge in [0.05, 0.1) is 16.7 Å². The van der Waals surface area contributed by atoms with Crippen LogP contribution in [-0.4, -0.2) is 4.57 Å². The van der Waals surface area contributed by atoms with Crippen LogP contribution >= 0.6 is 0 Å². The van der Waals surface area contributed by atoms with E-state index in [9.17, 15) is 0 Å². The third-order valence-corrected chi connectivity index (χ3v) is 15.8. The zero-order chi connectivity index (χ0) is 50.0. The zero-order valence-corrected chi connectivity index (χ0v) is 42.0. The molecule has 0 radical (unpaired) electrons. The lowest BCUT2D eigenvalue weighted by Gasteiger charge is -2.27. The fourth-order valence-corrected chi connectivity index (χ4v) is 12.2. The van der Waals surface area contributed by atoms with Crippen molar-refractivity contribution in [1.82, 2.24) is 4.57 Å². The second-order valence-corrected chi connectivity index (χ2v) is 20.5. The van der Waals surface area contributed by atoms with E-state index in [0.717, 1.165) is 28.2 Å². The first kappa shape index (κ1) is 44.2. The lowest BCUT2D eigenvalue weighted by atomic mass is 9.82. The van der Waals surface area contributed by atoms with Crippen molar-refractivity contribution in [2.24, 2.45) is 0 Å². The molecule has 0 bridgehead atoms. The van der Waals surface area contributed by atoms with Gasteiger partial charge in [0.1, 0.15) is 0 Å². The summed E-state index contributed by atoms with van der Waals surface area (Å²) in [6.07, 6.45) is 0. The smallest absolute Gasteiger partial charge is 0.0541 e. The number of para-hydroxylation sites is 3. The molecule has 1 aromatic heterocycles. The van der Waals surface area contributed by atoms with Gasteiger partial charge in [-0.05, 0) is 144 Å². The van der Waals surface area contributed by atoms with Gasteiger partial charge in [-0.1, -0.05) is 232 Å². The summed E-state index contributed by atoms with van der Waals surface area (Å²) < 4.78 is 2.42. The second-order valence-electron chi connectivity index (χ2n) is 20.5. The van der Waals surface area contributed by atoms with Crippen LogP contribution in [0.1, 0.15) is 25.0 Å². The Balaban J connectivity index is 0.862. The van der Waals surface area contributed by atoms with Crippen LogP contribution < -0.4 is 4.90 Å². The van der Waals surface area contributed by atoms with Crippen LogP contribution in [0.5, 0.6) is 0 Å². The van der Waals surface area contributed by atoms with Crippen LogP contribution in [0.3, 0.4) is 0 Å². The average Bonchev–Trinajstić information content (AvgIpc) is 3.98. The second kappa shape index (κ2) is 17.9. The van der Waals surface area contributed by atoms with E-state index in [1.54, 1.807) is 0 Å². The van der Waals surface area contributed by atoms with Crippen molar-refractivity contribution >= 4 is 49.6 Å². The van der Waals surface area contributed by atoms with Crippen LogP contribution in [0.2, 0.25) is 0 Å². The Hall–Kier alpha value is -9.50. The molecule has 1 heterocycles. The Labute approximate surface area is 438 Å². The molecule has 2 nitrogen and oxygen atoms in total. The summed E-state index contributed by atoms with van der Waals surface area (Å²) in [7, 11) is 0. The van der Waals surface area contributed by atoms with E-state index in [1.807, 2.05) is 0 Å². The van der Waals surface area contributed by atoms with Gasteiger partial charge in [0.25, 0.3) is 0 Å². The van der Waals surface area contributed by atoms with Gasteiger partial charge >= 0.3 is 0 Å². The molecule has 0 amide bonds. The monoisotopic (exact) mass is 956 g/mol. The van der Waals surface area contributed by atoms with Crippen LogP contribution in [0.25, 0.3) is 105 Å². The summed E-state index contributed by atoms with van der Waals surface area (Å²) in [5, 5.41) is 5.01. The molecule has 0 N–H and O–H groups in total. The van der Waals surface area contributed by atoms with Gasteiger partial charge in [0, 0.05) is 38.8 Å². The molecule has 1 aliphatic rings. The predicted molar refractivity (Wildman–Crippen MR) is 318 cm³/mol. The van der Waals surface area contributed by atoms with E-state index in [1.165, 1.54) is 105 Å². The van der Waals surface area contributed by atoms with Crippen molar-refractivity contribution in [2.75, 3.05) is 4.90 Å². The van der Waals surface area contributed by atoms with Gasteiger partial charge < -0.3 is 9.47 Å². The molecule has 2 heteroatoms. The molecule has 0 aliphatic heterocycles. The Morgan fingerprint density at radius 3 is 1.43 bits per heavy atom. The van der Waals surface area contributed by atoms with Crippen molar-refractivity contribution < 1.29 is 0 Å². The normalized spacial score (nSPS) is 12.5. The first-order chi connectivity index (χ1) is 37.0. The largest absolute Gasteiger partial charge is 0.310 e.